The Morgan fingerprint density at radius 2 is 2.00 bits per heavy atom. The molecule has 3 N–H and O–H groups in total. The summed E-state index contributed by atoms with van der Waals surface area (Å²) in [6, 6.07) is 0. The molecule has 0 saturated heterocycles. The lowest BCUT2D eigenvalue weighted by atomic mass is 10.1. The van der Waals surface area contributed by atoms with Crippen molar-refractivity contribution in [3.05, 3.63) is 0 Å². The predicted molar refractivity (Wildman–Crippen MR) is 40.7 cm³/mol. The van der Waals surface area contributed by atoms with Crippen LogP contribution in [0.1, 0.15) is 6.92 Å². The maximum Gasteiger partial charge on any atom is 0.337 e. The second kappa shape index (κ2) is 5.63. The number of carbonyl (C=O) groups is 2. The van der Waals surface area contributed by atoms with Crippen LogP contribution in [-0.2, 0) is 14.3 Å². The molecule has 0 unspecified atom stereocenters. The Hall–Kier alpha value is -0.980. The first-order valence-electron chi connectivity index (χ1n) is 3.70. The van der Waals surface area contributed by atoms with Crippen LogP contribution in [0.4, 0.5) is 0 Å². The van der Waals surface area contributed by atoms with Crippen LogP contribution in [0.5, 0.6) is 0 Å². The van der Waals surface area contributed by atoms with Crippen molar-refractivity contribution in [3.63, 3.8) is 0 Å². The largest absolute Gasteiger partial charge is 0.464 e. The third-order valence-electron chi connectivity index (χ3n) is 1.34. The van der Waals surface area contributed by atoms with Gasteiger partial charge in [-0.3, -0.25) is 0 Å². The lowest BCUT2D eigenvalue weighted by molar-refractivity contribution is -0.164. The van der Waals surface area contributed by atoms with Crippen LogP contribution in [0.25, 0.3) is 0 Å². The first kappa shape index (κ1) is 12.0. The first-order chi connectivity index (χ1) is 6.04. The predicted octanol–water partition coefficient (Wildman–Crippen LogP) is -2.17. The van der Waals surface area contributed by atoms with Crippen LogP contribution in [0.2, 0.25) is 0 Å². The Labute approximate surface area is 74.7 Å². The van der Waals surface area contributed by atoms with Crippen LogP contribution in [0.15, 0.2) is 0 Å². The van der Waals surface area contributed by atoms with Gasteiger partial charge >= 0.3 is 5.97 Å². The number of rotatable bonds is 5. The van der Waals surface area contributed by atoms with Crippen molar-refractivity contribution in [1.29, 1.82) is 0 Å². The molecule has 0 aliphatic carbocycles. The quantitative estimate of drug-likeness (QED) is 0.338. The van der Waals surface area contributed by atoms with E-state index in [2.05, 4.69) is 4.74 Å². The van der Waals surface area contributed by atoms with E-state index in [-0.39, 0.29) is 12.9 Å². The Morgan fingerprint density at radius 3 is 2.38 bits per heavy atom. The first-order valence-corrected chi connectivity index (χ1v) is 3.70. The summed E-state index contributed by atoms with van der Waals surface area (Å²) >= 11 is 0. The van der Waals surface area contributed by atoms with Gasteiger partial charge in [0.25, 0.3) is 0 Å². The molecule has 0 aliphatic rings. The molecule has 0 rings (SSSR count). The van der Waals surface area contributed by atoms with Gasteiger partial charge in [0.2, 0.25) is 0 Å². The molecule has 0 aromatic rings. The van der Waals surface area contributed by atoms with Crippen molar-refractivity contribution >= 4 is 12.3 Å². The molecular weight excluding hydrogens is 180 g/mol. The maximum absolute atomic E-state index is 10.7. The summed E-state index contributed by atoms with van der Waals surface area (Å²) in [7, 11) is 0. The number of aldehydes is 1. The molecule has 6 nitrogen and oxygen atoms in total. The minimum Gasteiger partial charge on any atom is -0.464 e. The lowest BCUT2D eigenvalue weighted by Crippen LogP contribution is -2.43. The zero-order valence-electron chi connectivity index (χ0n) is 7.08. The van der Waals surface area contributed by atoms with Gasteiger partial charge in [-0.25, -0.2) is 4.79 Å². The van der Waals surface area contributed by atoms with Crippen molar-refractivity contribution in [3.8, 4) is 0 Å². The molecule has 0 spiro atoms. The van der Waals surface area contributed by atoms with Crippen molar-refractivity contribution in [2.45, 2.75) is 25.2 Å². The molecule has 13 heavy (non-hydrogen) atoms. The molecule has 0 aliphatic heterocycles. The summed E-state index contributed by atoms with van der Waals surface area (Å²) in [6.45, 7) is 1.56. The van der Waals surface area contributed by atoms with Crippen molar-refractivity contribution < 1.29 is 29.6 Å². The van der Waals surface area contributed by atoms with Crippen LogP contribution in [0, 0.1) is 0 Å². The van der Waals surface area contributed by atoms with Crippen LogP contribution >= 0.6 is 0 Å². The van der Waals surface area contributed by atoms with Crippen LogP contribution in [-0.4, -0.2) is 52.5 Å². The Kier molecular flexibility index (Phi) is 5.20. The minimum atomic E-state index is -1.90. The number of carbonyl (C=O) groups excluding carboxylic acids is 2. The number of esters is 1. The van der Waals surface area contributed by atoms with E-state index in [0.717, 1.165) is 0 Å². The zero-order valence-corrected chi connectivity index (χ0v) is 7.08. The van der Waals surface area contributed by atoms with Gasteiger partial charge < -0.3 is 24.9 Å². The fourth-order valence-electron chi connectivity index (χ4n) is 0.634. The van der Waals surface area contributed by atoms with Crippen LogP contribution < -0.4 is 0 Å². The third-order valence-corrected chi connectivity index (χ3v) is 1.34. The molecule has 0 fully saturated rings. The van der Waals surface area contributed by atoms with Gasteiger partial charge in [-0.1, -0.05) is 0 Å². The van der Waals surface area contributed by atoms with Gasteiger partial charge in [-0.2, -0.15) is 0 Å². The summed E-state index contributed by atoms with van der Waals surface area (Å²) in [5, 5.41) is 26.7. The molecule has 0 aromatic carbocycles. The van der Waals surface area contributed by atoms with E-state index in [9.17, 15) is 9.59 Å². The number of hydrogen-bond donors (Lipinski definition) is 3. The normalized spacial score (nSPS) is 17.2. The molecule has 76 valence electrons. The second-order valence-corrected chi connectivity index (χ2v) is 2.31. The molecule has 0 saturated carbocycles. The Morgan fingerprint density at radius 1 is 1.46 bits per heavy atom. The molecule has 0 heterocycles. The smallest absolute Gasteiger partial charge is 0.337 e. The average molecular weight is 192 g/mol. The van der Waals surface area contributed by atoms with Gasteiger partial charge in [-0.05, 0) is 6.92 Å². The van der Waals surface area contributed by atoms with Gasteiger partial charge in [0, 0.05) is 0 Å². The fourth-order valence-corrected chi connectivity index (χ4v) is 0.634. The van der Waals surface area contributed by atoms with E-state index in [1.807, 2.05) is 0 Å². The van der Waals surface area contributed by atoms with E-state index in [0.29, 0.717) is 0 Å². The summed E-state index contributed by atoms with van der Waals surface area (Å²) in [4.78, 5) is 20.7. The molecule has 6 heteroatoms. The van der Waals surface area contributed by atoms with Crippen molar-refractivity contribution in [2.24, 2.45) is 0 Å². The molecule has 0 bridgehead atoms. The Balaban J connectivity index is 4.15. The summed E-state index contributed by atoms with van der Waals surface area (Å²) in [6.07, 6.45) is -5.52. The number of ether oxygens (including phenoxy) is 1. The summed E-state index contributed by atoms with van der Waals surface area (Å²) < 4.78 is 4.34. The lowest BCUT2D eigenvalue weighted by Gasteiger charge is -2.17. The van der Waals surface area contributed by atoms with Gasteiger partial charge in [0.1, 0.15) is 12.2 Å². The standard InChI is InChI=1S/C7H12O6/c1-2-13-7(12)6(11)5(10)4(9)3-8/h3-6,9-11H,2H2,1H3/t4-,5+,6+/m1/s1. The number of aliphatic hydroxyl groups is 3. The molecule has 0 amide bonds. The molecule has 0 radical (unpaired) electrons. The topological polar surface area (TPSA) is 104 Å². The molecule has 0 aromatic heterocycles. The number of hydrogen-bond acceptors (Lipinski definition) is 6. The van der Waals surface area contributed by atoms with Gasteiger partial charge in [0.05, 0.1) is 6.61 Å². The highest BCUT2D eigenvalue weighted by Crippen LogP contribution is 2.00. The van der Waals surface area contributed by atoms with Crippen molar-refractivity contribution in [1.82, 2.24) is 0 Å². The van der Waals surface area contributed by atoms with Gasteiger partial charge in [0.15, 0.2) is 12.4 Å². The highest BCUT2D eigenvalue weighted by molar-refractivity contribution is 5.76. The molecule has 3 atom stereocenters. The van der Waals surface area contributed by atoms with E-state index in [1.54, 1.807) is 0 Å². The highest BCUT2D eigenvalue weighted by atomic mass is 16.5. The zero-order chi connectivity index (χ0) is 10.4. The van der Waals surface area contributed by atoms with Crippen LogP contribution in [0.3, 0.4) is 0 Å². The SMILES string of the molecule is CCOC(=O)[C@@H](O)[C@@H](O)[C@H](O)C=O. The maximum atomic E-state index is 10.7. The highest BCUT2D eigenvalue weighted by Gasteiger charge is 2.30. The monoisotopic (exact) mass is 192 g/mol. The Bertz CT molecular complexity index is 180. The van der Waals surface area contributed by atoms with E-state index < -0.39 is 24.3 Å². The third kappa shape index (κ3) is 3.49. The number of aliphatic hydroxyl groups excluding tert-OH is 3. The second-order valence-electron chi connectivity index (χ2n) is 2.31. The summed E-state index contributed by atoms with van der Waals surface area (Å²) in [5.74, 6) is -1.07. The van der Waals surface area contributed by atoms with Crippen molar-refractivity contribution in [2.75, 3.05) is 6.61 Å². The fraction of sp³-hybridized carbons (Fsp3) is 0.714. The van der Waals surface area contributed by atoms with E-state index in [1.165, 1.54) is 6.92 Å². The summed E-state index contributed by atoms with van der Waals surface area (Å²) in [5.41, 5.74) is 0. The van der Waals surface area contributed by atoms with E-state index >= 15 is 0 Å². The van der Waals surface area contributed by atoms with Gasteiger partial charge in [-0.15, -0.1) is 0 Å². The van der Waals surface area contributed by atoms with E-state index in [4.69, 9.17) is 15.3 Å². The minimum absolute atomic E-state index is 0.0209. The average Bonchev–Trinajstić information content (AvgIpc) is 2.14. The molecular formula is C7H12O6.